The number of phenols is 1. The Morgan fingerprint density at radius 2 is 0.966 bits per heavy atom. The number of aromatic hydroxyl groups is 1. The molecule has 0 fully saturated rings. The van der Waals surface area contributed by atoms with E-state index in [9.17, 15) is 13.5 Å². The predicted octanol–water partition coefficient (Wildman–Crippen LogP) is 10.5. The number of hydrogen-bond acceptors (Lipinski definition) is 17. The summed E-state index contributed by atoms with van der Waals surface area (Å²) in [6.45, 7) is 1.87. The summed E-state index contributed by atoms with van der Waals surface area (Å²) in [4.78, 5) is 31.1. The molecule has 13 aromatic rings. The maximum Gasteiger partial charge on any atom is 0.238 e. The van der Waals surface area contributed by atoms with Crippen molar-refractivity contribution in [1.29, 1.82) is 0 Å². The number of phenolic OH excluding ortho intramolecular Hbond substituents is 1. The lowest BCUT2D eigenvalue weighted by Crippen LogP contribution is -2.12. The molecule has 0 atom stereocenters. The molecular weight excluding hydrogens is 1120 g/mol. The van der Waals surface area contributed by atoms with Crippen LogP contribution in [0.2, 0.25) is 0 Å². The van der Waals surface area contributed by atoms with E-state index in [-0.39, 0.29) is 17.3 Å². The van der Waals surface area contributed by atoms with Crippen molar-refractivity contribution in [2.75, 3.05) is 43.8 Å². The molecule has 0 aliphatic rings. The van der Waals surface area contributed by atoms with E-state index in [1.807, 2.05) is 129 Å². The molecule has 21 nitrogen and oxygen atoms in total. The molecule has 0 aliphatic carbocycles. The van der Waals surface area contributed by atoms with E-state index in [2.05, 4.69) is 69.0 Å². The zero-order chi connectivity index (χ0) is 60.3. The Balaban J connectivity index is 0.000000136. The largest absolute Gasteiger partial charge is 0.508 e. The number of nitrogens with zero attached hydrogens (tertiary/aromatic N) is 10. The summed E-state index contributed by atoms with van der Waals surface area (Å²) in [5.41, 5.74) is 12.1. The van der Waals surface area contributed by atoms with Gasteiger partial charge in [0.15, 0.2) is 45.9 Å². The van der Waals surface area contributed by atoms with Gasteiger partial charge in [-0.1, -0.05) is 54.6 Å². The number of fused-ring (bicyclic) bond motifs is 4. The highest BCUT2D eigenvalue weighted by molar-refractivity contribution is 7.89. The first kappa shape index (κ1) is 57.9. The van der Waals surface area contributed by atoms with Crippen LogP contribution in [0.5, 0.6) is 23.0 Å². The van der Waals surface area contributed by atoms with E-state index in [0.717, 1.165) is 97.1 Å². The number of aromatic nitrogens is 10. The molecule has 0 spiro atoms. The van der Waals surface area contributed by atoms with Gasteiger partial charge in [0.05, 0.1) is 68.5 Å². The Hall–Kier alpha value is -10.9. The quantitative estimate of drug-likeness (QED) is 0.0466. The number of nitrogens with one attached hydrogen (secondary N) is 3. The van der Waals surface area contributed by atoms with E-state index >= 15 is 0 Å². The monoisotopic (exact) mass is 1180 g/mol. The highest BCUT2D eigenvalue weighted by Crippen LogP contribution is 2.34. The van der Waals surface area contributed by atoms with E-state index in [4.69, 9.17) is 24.5 Å². The van der Waals surface area contributed by atoms with E-state index < -0.39 is 10.0 Å². The molecule has 7 heterocycles. The fourth-order valence-electron chi connectivity index (χ4n) is 9.72. The van der Waals surface area contributed by atoms with Gasteiger partial charge in [-0.2, -0.15) is 0 Å². The second-order valence-electron chi connectivity index (χ2n) is 19.8. The van der Waals surface area contributed by atoms with Gasteiger partial charge in [0.25, 0.3) is 0 Å². The highest BCUT2D eigenvalue weighted by atomic mass is 32.2. The van der Waals surface area contributed by atoms with E-state index in [1.54, 1.807) is 82.8 Å². The van der Waals surface area contributed by atoms with Crippen molar-refractivity contribution in [3.05, 3.63) is 230 Å². The molecule has 0 unspecified atom stereocenters. The number of sulfonamides is 1. The molecule has 0 amide bonds. The lowest BCUT2D eigenvalue weighted by molar-refractivity contribution is 0.282. The average Bonchev–Trinajstić information content (AvgIpc) is 2.65. The van der Waals surface area contributed by atoms with Crippen LogP contribution in [0.1, 0.15) is 22.3 Å². The Morgan fingerprint density at radius 3 is 1.51 bits per heavy atom. The van der Waals surface area contributed by atoms with Crippen molar-refractivity contribution in [2.45, 2.75) is 31.0 Å². The van der Waals surface area contributed by atoms with Crippen LogP contribution in [0.3, 0.4) is 0 Å². The average molecular weight is 1180 g/mol. The lowest BCUT2D eigenvalue weighted by atomic mass is 10.1. The third kappa shape index (κ3) is 13.4. The number of benzene rings is 6. The van der Waals surface area contributed by atoms with Gasteiger partial charge in [0.2, 0.25) is 10.0 Å². The molecule has 0 aliphatic heterocycles. The third-order valence-corrected chi connectivity index (χ3v) is 15.2. The minimum atomic E-state index is -3.71. The molecule has 438 valence electrons. The SMILES string of the molecule is COc1ccc(-c2cnc3c(NCCc4ccncc4)nccn23)cc1OC.COc1ccc2cc(-c3cnc4c(NCc5ccc(S(N)(=O)=O)cc5)nccn34)ccc2c1.OCc1ccc(CNc2nccn3c(-c4ccc(O)cc4)cnc23)cc1. The fraction of sp³-hybridized carbons (Fsp3) is 0.123. The number of aliphatic hydroxyl groups excluding tert-OH is 1. The van der Waals surface area contributed by atoms with Gasteiger partial charge in [0.1, 0.15) is 11.5 Å². The minimum Gasteiger partial charge on any atom is -0.508 e. The molecule has 87 heavy (non-hydrogen) atoms. The van der Waals surface area contributed by atoms with Crippen LogP contribution in [0.15, 0.2) is 213 Å². The molecule has 7 N–H and O–H groups in total. The Bertz CT molecular complexity index is 4600. The van der Waals surface area contributed by atoms with Crippen molar-refractivity contribution in [3.63, 3.8) is 0 Å². The summed E-state index contributed by atoms with van der Waals surface area (Å²) in [7, 11) is 1.21. The highest BCUT2D eigenvalue weighted by Gasteiger charge is 2.16. The van der Waals surface area contributed by atoms with Crippen LogP contribution < -0.4 is 35.3 Å². The number of ether oxygens (including phenoxy) is 3. The van der Waals surface area contributed by atoms with Gasteiger partial charge < -0.3 is 40.4 Å². The number of methoxy groups -OCH3 is 3. The van der Waals surface area contributed by atoms with Crippen LogP contribution in [-0.2, 0) is 36.1 Å². The maximum absolute atomic E-state index is 11.4. The minimum absolute atomic E-state index is 0.0443. The number of primary sulfonamides is 1. The first-order chi connectivity index (χ1) is 42.5. The number of rotatable bonds is 18. The number of anilines is 3. The standard InChI is InChI=1S/C24H21N5O3S.C21H21N5O2.C20H18N4O2/c1-32-20-7-6-17-12-19(5-4-18(17)13-20)22-15-28-24-23(26-10-11-29(22)24)27-14-16-2-8-21(9-3-16)33(25,30)31;1-27-18-4-3-16(13-19(18)28-2)17-14-25-21-20(24-11-12-26(17)21)23-10-7-15-5-8-22-9-6-15;25-13-15-3-1-14(2-4-15)11-22-19-20-23-12-18(24(20)10-9-21-19)16-5-7-17(26)8-6-16/h2-13,15H,14H2,1H3,(H,26,27)(H2,25,30,31);3-6,8-9,11-14H,7,10H2,1-2H3,(H,23,24);1-10,12,25-26H,11,13H2,(H,21,22). The van der Waals surface area contributed by atoms with Gasteiger partial charge in [0, 0.05) is 85.9 Å². The van der Waals surface area contributed by atoms with E-state index in [0.29, 0.717) is 41.9 Å². The second-order valence-corrected chi connectivity index (χ2v) is 21.3. The summed E-state index contributed by atoms with van der Waals surface area (Å²) in [6, 6.07) is 43.3. The van der Waals surface area contributed by atoms with Crippen LogP contribution in [-0.4, -0.2) is 94.6 Å². The summed E-state index contributed by atoms with van der Waals surface area (Å²) < 4.78 is 44.9. The Labute approximate surface area is 500 Å². The van der Waals surface area contributed by atoms with Crippen molar-refractivity contribution in [2.24, 2.45) is 5.14 Å². The Kier molecular flexibility index (Phi) is 17.5. The third-order valence-electron chi connectivity index (χ3n) is 14.3. The van der Waals surface area contributed by atoms with E-state index in [1.165, 1.54) is 17.7 Å². The fourth-order valence-corrected chi connectivity index (χ4v) is 10.2. The molecule has 7 aromatic heterocycles. The van der Waals surface area contributed by atoms with Crippen molar-refractivity contribution in [3.8, 4) is 56.8 Å². The van der Waals surface area contributed by atoms with Gasteiger partial charge in [-0.3, -0.25) is 18.2 Å². The molecule has 0 radical (unpaired) electrons. The molecule has 22 heteroatoms. The van der Waals surface area contributed by atoms with Gasteiger partial charge in [-0.05, 0) is 124 Å². The maximum atomic E-state index is 11.4. The summed E-state index contributed by atoms with van der Waals surface area (Å²) in [6.07, 6.45) is 20.8. The van der Waals surface area contributed by atoms with Crippen LogP contribution in [0.25, 0.3) is 61.5 Å². The topological polar surface area (TPSA) is 268 Å². The molecular formula is C65H60N14O7S. The molecule has 0 bridgehead atoms. The van der Waals surface area contributed by atoms with Crippen molar-refractivity contribution in [1.82, 2.24) is 48.1 Å². The predicted molar refractivity (Wildman–Crippen MR) is 335 cm³/mol. The smallest absolute Gasteiger partial charge is 0.238 e. The Morgan fingerprint density at radius 1 is 0.483 bits per heavy atom. The summed E-state index contributed by atoms with van der Waals surface area (Å²) >= 11 is 0. The van der Waals surface area contributed by atoms with Gasteiger partial charge in [-0.15, -0.1) is 0 Å². The lowest BCUT2D eigenvalue weighted by Gasteiger charge is -2.10. The summed E-state index contributed by atoms with van der Waals surface area (Å²) in [5.74, 6) is 4.52. The van der Waals surface area contributed by atoms with Crippen LogP contribution in [0, 0.1) is 0 Å². The molecule has 0 saturated heterocycles. The molecule has 6 aromatic carbocycles. The first-order valence-corrected chi connectivity index (χ1v) is 29.0. The number of pyridine rings is 1. The summed E-state index contributed by atoms with van der Waals surface area (Å²) in [5, 5.41) is 35.9. The first-order valence-electron chi connectivity index (χ1n) is 27.4. The van der Waals surface area contributed by atoms with Gasteiger partial charge in [-0.25, -0.2) is 43.5 Å². The zero-order valence-electron chi connectivity index (χ0n) is 47.6. The van der Waals surface area contributed by atoms with Crippen molar-refractivity contribution < 1.29 is 32.8 Å². The van der Waals surface area contributed by atoms with Crippen molar-refractivity contribution >= 4 is 55.2 Å². The molecule has 0 saturated carbocycles. The van der Waals surface area contributed by atoms with Gasteiger partial charge >= 0.3 is 0 Å². The molecule has 13 rings (SSSR count). The van der Waals surface area contributed by atoms with Crippen LogP contribution >= 0.6 is 0 Å². The number of imidazole rings is 3. The second kappa shape index (κ2) is 26.3. The normalized spacial score (nSPS) is 11.2. The number of aliphatic hydroxyl groups is 1. The number of hydrogen-bond donors (Lipinski definition) is 6. The number of nitrogens with two attached hydrogens (primary N) is 1. The van der Waals surface area contributed by atoms with Crippen LogP contribution in [0.4, 0.5) is 17.5 Å². The zero-order valence-corrected chi connectivity index (χ0v) is 48.4.